The molecule has 0 saturated heterocycles. The normalized spacial score (nSPS) is 14.5. The van der Waals surface area contributed by atoms with Gasteiger partial charge in [-0.25, -0.2) is 17.8 Å². The number of aliphatic hydroxyl groups is 1. The lowest BCUT2D eigenvalue weighted by atomic mass is 10.1. The Morgan fingerprint density at radius 2 is 2.00 bits per heavy atom. The molecule has 0 amide bonds. The van der Waals surface area contributed by atoms with Gasteiger partial charge in [-0.1, -0.05) is 11.6 Å². The molecule has 25 heavy (non-hydrogen) atoms. The fraction of sp³-hybridized carbons (Fsp3) is 0.462. The second kappa shape index (κ2) is 6.83. The van der Waals surface area contributed by atoms with Gasteiger partial charge in [0.1, 0.15) is 17.5 Å². The standard InChI is InChI=1S/C13H16ClFN4O5S/c1-13(4-20,16-2)5-24-11-6-8(7(15)9(14)18-11)17-12(19-10(6)21)25(3,22)23/h16,20H,4-5H2,1-3H3,(H,17,19,21). The summed E-state index contributed by atoms with van der Waals surface area (Å²) in [6.07, 6.45) is 0.811. The zero-order chi connectivity index (χ0) is 19.0. The van der Waals surface area contributed by atoms with E-state index in [0.717, 1.165) is 6.26 Å². The predicted molar refractivity (Wildman–Crippen MR) is 87.1 cm³/mol. The van der Waals surface area contributed by atoms with Crippen LogP contribution >= 0.6 is 11.6 Å². The fourth-order valence-corrected chi connectivity index (χ4v) is 2.45. The lowest BCUT2D eigenvalue weighted by Crippen LogP contribution is -2.48. The van der Waals surface area contributed by atoms with Crippen molar-refractivity contribution in [3.8, 4) is 11.8 Å². The van der Waals surface area contributed by atoms with Crippen LogP contribution in [0.2, 0.25) is 5.15 Å². The Labute approximate surface area is 147 Å². The van der Waals surface area contributed by atoms with E-state index in [1.807, 2.05) is 0 Å². The van der Waals surface area contributed by atoms with Gasteiger partial charge in [0.25, 0.3) is 5.16 Å². The number of hydrogen-bond acceptors (Lipinski definition) is 9. The van der Waals surface area contributed by atoms with Crippen LogP contribution in [0.25, 0.3) is 10.9 Å². The molecule has 2 aromatic heterocycles. The third-order valence-corrected chi connectivity index (χ3v) is 4.58. The highest BCUT2D eigenvalue weighted by Gasteiger charge is 2.26. The van der Waals surface area contributed by atoms with E-state index in [1.54, 1.807) is 14.0 Å². The Kier molecular flexibility index (Phi) is 5.33. The van der Waals surface area contributed by atoms with Crippen molar-refractivity contribution in [2.45, 2.75) is 17.6 Å². The first-order chi connectivity index (χ1) is 11.5. The monoisotopic (exact) mass is 394 g/mol. The summed E-state index contributed by atoms with van der Waals surface area (Å²) in [6.45, 7) is 1.26. The first kappa shape index (κ1) is 19.5. The molecule has 0 aliphatic rings. The molecule has 0 aromatic carbocycles. The van der Waals surface area contributed by atoms with Crippen LogP contribution in [0.5, 0.6) is 11.8 Å². The number of likely N-dealkylation sites (N-methyl/N-ethyl adjacent to an activating group) is 1. The number of hydrogen-bond donors (Lipinski definition) is 3. The molecule has 3 N–H and O–H groups in total. The summed E-state index contributed by atoms with van der Waals surface area (Å²) < 4.78 is 42.8. The van der Waals surface area contributed by atoms with Gasteiger partial charge in [0.2, 0.25) is 21.6 Å². The van der Waals surface area contributed by atoms with Gasteiger partial charge in [-0.3, -0.25) is 0 Å². The van der Waals surface area contributed by atoms with Crippen molar-refractivity contribution in [1.82, 2.24) is 20.3 Å². The molecule has 0 bridgehead atoms. The molecule has 12 heteroatoms. The summed E-state index contributed by atoms with van der Waals surface area (Å²) in [7, 11) is -2.30. The smallest absolute Gasteiger partial charge is 0.250 e. The molecule has 0 spiro atoms. The van der Waals surface area contributed by atoms with Crippen LogP contribution in [0.1, 0.15) is 6.92 Å². The average Bonchev–Trinajstić information content (AvgIpc) is 2.55. The number of rotatable bonds is 6. The number of sulfone groups is 1. The second-order valence-electron chi connectivity index (χ2n) is 5.60. The highest BCUT2D eigenvalue weighted by molar-refractivity contribution is 7.90. The quantitative estimate of drug-likeness (QED) is 0.466. The van der Waals surface area contributed by atoms with E-state index in [9.17, 15) is 23.0 Å². The minimum atomic E-state index is -3.90. The van der Waals surface area contributed by atoms with E-state index in [1.165, 1.54) is 0 Å². The second-order valence-corrected chi connectivity index (χ2v) is 7.87. The number of nitrogens with zero attached hydrogens (tertiary/aromatic N) is 3. The minimum absolute atomic E-state index is 0.114. The van der Waals surface area contributed by atoms with Crippen LogP contribution in [-0.4, -0.2) is 65.6 Å². The number of halogens is 2. The zero-order valence-corrected chi connectivity index (χ0v) is 15.1. The topological polar surface area (TPSA) is 135 Å². The Hall–Kier alpha value is -1.82. The number of aliphatic hydroxyl groups excluding tert-OH is 1. The van der Waals surface area contributed by atoms with Gasteiger partial charge in [-0.2, -0.15) is 9.97 Å². The molecule has 138 valence electrons. The van der Waals surface area contributed by atoms with Crippen LogP contribution < -0.4 is 10.1 Å². The highest BCUT2D eigenvalue weighted by Crippen LogP contribution is 2.35. The van der Waals surface area contributed by atoms with E-state index >= 15 is 0 Å². The molecule has 2 rings (SSSR count). The summed E-state index contributed by atoms with van der Waals surface area (Å²) in [6, 6.07) is 0. The van der Waals surface area contributed by atoms with Gasteiger partial charge in [0, 0.05) is 6.26 Å². The first-order valence-electron chi connectivity index (χ1n) is 6.91. The van der Waals surface area contributed by atoms with Gasteiger partial charge in [0.15, 0.2) is 11.0 Å². The number of fused-ring (bicyclic) bond motifs is 1. The number of aromatic nitrogens is 3. The summed E-state index contributed by atoms with van der Waals surface area (Å²) >= 11 is 5.71. The van der Waals surface area contributed by atoms with Crippen molar-refractivity contribution >= 4 is 32.3 Å². The van der Waals surface area contributed by atoms with Gasteiger partial charge >= 0.3 is 0 Å². The van der Waals surface area contributed by atoms with Crippen molar-refractivity contribution in [3.63, 3.8) is 0 Å². The van der Waals surface area contributed by atoms with E-state index in [-0.39, 0.29) is 24.5 Å². The minimum Gasteiger partial charge on any atom is -0.493 e. The van der Waals surface area contributed by atoms with Gasteiger partial charge in [-0.05, 0) is 14.0 Å². The van der Waals surface area contributed by atoms with Gasteiger partial charge in [0.05, 0.1) is 12.1 Å². The number of aromatic hydroxyl groups is 1. The maximum absolute atomic E-state index is 14.2. The lowest BCUT2D eigenvalue weighted by Gasteiger charge is -2.26. The molecule has 0 aliphatic carbocycles. The molecule has 2 heterocycles. The van der Waals surface area contributed by atoms with Crippen LogP contribution in [0, 0.1) is 5.82 Å². The Bertz CT molecular complexity index is 921. The molecule has 0 radical (unpaired) electrons. The number of nitrogens with one attached hydrogen (secondary N) is 1. The third-order valence-electron chi connectivity index (χ3n) is 3.48. The van der Waals surface area contributed by atoms with Crippen LogP contribution in [0.15, 0.2) is 5.16 Å². The van der Waals surface area contributed by atoms with E-state index in [0.29, 0.717) is 0 Å². The SMILES string of the molecule is CNC(C)(CO)COc1nc(Cl)c(F)c2nc(S(C)(=O)=O)nc(O)c12. The van der Waals surface area contributed by atoms with E-state index in [2.05, 4.69) is 20.3 Å². The largest absolute Gasteiger partial charge is 0.493 e. The summed E-state index contributed by atoms with van der Waals surface area (Å²) in [5.41, 5.74) is -1.39. The summed E-state index contributed by atoms with van der Waals surface area (Å²) in [5, 5.41) is 20.5. The Balaban J connectivity index is 2.65. The molecule has 0 aliphatic heterocycles. The van der Waals surface area contributed by atoms with E-state index < -0.39 is 42.9 Å². The van der Waals surface area contributed by atoms with Crippen molar-refractivity contribution in [1.29, 1.82) is 0 Å². The lowest BCUT2D eigenvalue weighted by molar-refractivity contribution is 0.120. The van der Waals surface area contributed by atoms with E-state index in [4.69, 9.17) is 16.3 Å². The molecule has 0 saturated carbocycles. The Morgan fingerprint density at radius 3 is 2.52 bits per heavy atom. The molecular formula is C13H16ClFN4O5S. The summed E-state index contributed by atoms with van der Waals surface area (Å²) in [4.78, 5) is 10.8. The zero-order valence-electron chi connectivity index (χ0n) is 13.5. The number of pyridine rings is 1. The molecule has 1 atom stereocenters. The molecule has 9 nitrogen and oxygen atoms in total. The maximum Gasteiger partial charge on any atom is 0.250 e. The Morgan fingerprint density at radius 1 is 1.36 bits per heavy atom. The fourth-order valence-electron chi connectivity index (χ4n) is 1.77. The highest BCUT2D eigenvalue weighted by atomic mass is 35.5. The summed E-state index contributed by atoms with van der Waals surface area (Å²) in [5.74, 6) is -2.24. The molecular weight excluding hydrogens is 379 g/mol. The number of ether oxygens (including phenoxy) is 1. The molecule has 0 fully saturated rings. The van der Waals surface area contributed by atoms with Gasteiger partial charge < -0.3 is 20.3 Å². The van der Waals surface area contributed by atoms with Crippen molar-refractivity contribution in [3.05, 3.63) is 11.0 Å². The molecule has 1 unspecified atom stereocenters. The van der Waals surface area contributed by atoms with Crippen molar-refractivity contribution in [2.75, 3.05) is 26.5 Å². The third kappa shape index (κ3) is 3.89. The van der Waals surface area contributed by atoms with Crippen LogP contribution in [0.4, 0.5) is 4.39 Å². The van der Waals surface area contributed by atoms with Crippen molar-refractivity contribution in [2.24, 2.45) is 0 Å². The maximum atomic E-state index is 14.2. The average molecular weight is 395 g/mol. The van der Waals surface area contributed by atoms with Gasteiger partial charge in [-0.15, -0.1) is 0 Å². The van der Waals surface area contributed by atoms with Crippen molar-refractivity contribution < 1.29 is 27.8 Å². The van der Waals surface area contributed by atoms with Crippen LogP contribution in [0.3, 0.4) is 0 Å². The molecule has 2 aromatic rings. The predicted octanol–water partition coefficient (Wildman–Crippen LogP) is 0.276. The van der Waals surface area contributed by atoms with Crippen LogP contribution in [-0.2, 0) is 9.84 Å². The first-order valence-corrected chi connectivity index (χ1v) is 9.17.